The Hall–Kier alpha value is -0.122. The molecule has 39 heavy (non-hydrogen) atoms. The van der Waals surface area contributed by atoms with E-state index in [0.29, 0.717) is 0 Å². The number of aromatic nitrogens is 2. The summed E-state index contributed by atoms with van der Waals surface area (Å²) in [5, 5.41) is 0. The van der Waals surface area contributed by atoms with Crippen LogP contribution in [0.2, 0.25) is 64.5 Å². The van der Waals surface area contributed by atoms with Crippen LogP contribution < -0.4 is 0 Å². The summed E-state index contributed by atoms with van der Waals surface area (Å²) >= 11 is 0. The van der Waals surface area contributed by atoms with Crippen molar-refractivity contribution in [3.63, 3.8) is 0 Å². The molecule has 0 spiro atoms. The molecule has 1 aliphatic rings. The maximum Gasteiger partial charge on any atom is 0.335 e. The van der Waals surface area contributed by atoms with Gasteiger partial charge in [-0.1, -0.05) is 72.4 Å². The van der Waals surface area contributed by atoms with Gasteiger partial charge in [-0.25, -0.2) is 4.98 Å². The Labute approximate surface area is 245 Å². The van der Waals surface area contributed by atoms with Crippen LogP contribution in [0.3, 0.4) is 0 Å². The lowest BCUT2D eigenvalue weighted by molar-refractivity contribution is 0.149. The van der Waals surface area contributed by atoms with E-state index in [0.717, 1.165) is 50.0 Å². The van der Waals surface area contributed by atoms with Gasteiger partial charge in [0.05, 0.1) is 13.8 Å². The Morgan fingerprint density at radius 3 is 2.08 bits per heavy atom. The molecule has 230 valence electrons. The first kappa shape index (κ1) is 36.9. The van der Waals surface area contributed by atoms with E-state index in [1.165, 1.54) is 32.2 Å². The zero-order valence-corrected chi connectivity index (χ0v) is 31.6. The summed E-state index contributed by atoms with van der Waals surface area (Å²) in [6, 6.07) is 2.88. The highest BCUT2D eigenvalue weighted by atomic mass is 28.4. The number of imidazole rings is 1. The van der Waals surface area contributed by atoms with Gasteiger partial charge >= 0.3 is 17.1 Å². The fourth-order valence-electron chi connectivity index (χ4n) is 5.52. The number of hydrogen-bond donors (Lipinski definition) is 1. The summed E-state index contributed by atoms with van der Waals surface area (Å²) in [4.78, 5) is 7.58. The molecule has 0 bridgehead atoms. The van der Waals surface area contributed by atoms with Crippen molar-refractivity contribution in [1.29, 1.82) is 0 Å². The van der Waals surface area contributed by atoms with Crippen LogP contribution in [0.5, 0.6) is 0 Å². The lowest BCUT2D eigenvalue weighted by Gasteiger charge is -2.44. The summed E-state index contributed by atoms with van der Waals surface area (Å²) in [6.07, 6.45) is 11.2. The van der Waals surface area contributed by atoms with Crippen LogP contribution in [0.4, 0.5) is 0 Å². The Balaban J connectivity index is 0.000000395. The van der Waals surface area contributed by atoms with E-state index >= 15 is 0 Å². The van der Waals surface area contributed by atoms with E-state index in [-0.39, 0.29) is 5.73 Å². The lowest BCUT2D eigenvalue weighted by atomic mass is 10.0. The molecule has 1 saturated heterocycles. The molecule has 4 unspecified atom stereocenters. The molecule has 7 nitrogen and oxygen atoms in total. The van der Waals surface area contributed by atoms with Crippen LogP contribution in [0, 0.1) is 0 Å². The number of H-pyrrole nitrogens is 1. The lowest BCUT2D eigenvalue weighted by Crippen LogP contribution is -2.54. The summed E-state index contributed by atoms with van der Waals surface area (Å²) < 4.78 is 27.2. The van der Waals surface area contributed by atoms with Crippen LogP contribution in [0.1, 0.15) is 70.8 Å². The molecule has 11 heteroatoms. The first-order valence-electron chi connectivity index (χ1n) is 15.4. The molecule has 2 rings (SSSR count). The van der Waals surface area contributed by atoms with Crippen molar-refractivity contribution < 1.29 is 17.7 Å². The van der Waals surface area contributed by atoms with Gasteiger partial charge in [0, 0.05) is 38.8 Å². The van der Waals surface area contributed by atoms with Gasteiger partial charge in [0.1, 0.15) is 14.1 Å². The minimum Gasteiger partial charge on any atom is -0.398 e. The van der Waals surface area contributed by atoms with Crippen molar-refractivity contribution in [2.75, 3.05) is 26.9 Å². The zero-order valence-electron chi connectivity index (χ0n) is 27.6. The Bertz CT molecular complexity index is 768. The third-order valence-corrected chi connectivity index (χ3v) is 18.2. The topological polar surface area (TPSA) is 68.8 Å². The number of piperidine rings is 1. The molecule has 1 fully saturated rings. The maximum absolute atomic E-state index is 6.42. The fraction of sp³-hybridized carbons (Fsp3) is 0.893. The molecule has 0 amide bonds. The fourth-order valence-corrected chi connectivity index (χ4v) is 15.2. The highest BCUT2D eigenvalue weighted by molar-refractivity contribution is 6.78. The van der Waals surface area contributed by atoms with Gasteiger partial charge in [0.2, 0.25) is 0 Å². The highest BCUT2D eigenvalue weighted by Crippen LogP contribution is 2.31. The smallest absolute Gasteiger partial charge is 0.335 e. The Morgan fingerprint density at radius 1 is 0.949 bits per heavy atom. The number of hydrogen-bond acceptors (Lipinski definition) is 6. The van der Waals surface area contributed by atoms with Gasteiger partial charge in [-0.3, -0.25) is 0 Å². The molecule has 1 aromatic heterocycles. The standard InChI is InChI=1S/C16H37NO2Si2.C12H26N2O2Si2/c1-7-15-21(6,18-8-2)19-14-12-16-11-9-10-13-17(16)20(3,4)5;1-7-10-18(6,15-2)16-12(17(3,4)5)11-13-8-9-14-11/h16H,7-15H2,1-6H3;8-9,12H,7,10H2,1-6H3,(H,13,14). The molecule has 4 atom stereocenters. The van der Waals surface area contributed by atoms with Gasteiger partial charge in [-0.05, 0) is 57.9 Å². The van der Waals surface area contributed by atoms with E-state index < -0.39 is 33.4 Å². The van der Waals surface area contributed by atoms with Crippen molar-refractivity contribution in [3.05, 3.63) is 18.2 Å². The summed E-state index contributed by atoms with van der Waals surface area (Å²) in [5.74, 6) is 0.945. The molecule has 0 aliphatic carbocycles. The molecule has 1 aliphatic heterocycles. The Kier molecular flexibility index (Phi) is 16.2. The predicted octanol–water partition coefficient (Wildman–Crippen LogP) is 8.07. The summed E-state index contributed by atoms with van der Waals surface area (Å²) in [6.45, 7) is 28.2. The molecular weight excluding hydrogens is 555 g/mol. The average Bonchev–Trinajstić information content (AvgIpc) is 3.37. The molecule has 1 aromatic rings. The van der Waals surface area contributed by atoms with Crippen molar-refractivity contribution in [2.45, 2.75) is 136 Å². The normalized spacial score (nSPS) is 21.0. The van der Waals surface area contributed by atoms with Crippen molar-refractivity contribution in [2.24, 2.45) is 0 Å². The molecule has 0 radical (unpaired) electrons. The van der Waals surface area contributed by atoms with E-state index in [2.05, 4.69) is 87.7 Å². The number of nitrogens with one attached hydrogen (secondary N) is 1. The number of nitrogens with zero attached hydrogens (tertiary/aromatic N) is 2. The van der Waals surface area contributed by atoms with Crippen LogP contribution in [-0.2, 0) is 17.7 Å². The van der Waals surface area contributed by atoms with Gasteiger partial charge in [-0.2, -0.15) is 0 Å². The third-order valence-electron chi connectivity index (χ3n) is 7.56. The first-order valence-corrected chi connectivity index (χ1v) is 27.5. The molecule has 0 aromatic carbocycles. The van der Waals surface area contributed by atoms with Crippen LogP contribution in [0.25, 0.3) is 0 Å². The number of aromatic amines is 1. The second kappa shape index (κ2) is 17.1. The van der Waals surface area contributed by atoms with Crippen molar-refractivity contribution in [3.8, 4) is 0 Å². The van der Waals surface area contributed by atoms with E-state index in [1.54, 1.807) is 13.3 Å². The minimum atomic E-state index is -2.08. The van der Waals surface area contributed by atoms with Gasteiger partial charge < -0.3 is 27.3 Å². The first-order chi connectivity index (χ1) is 18.1. The summed E-state index contributed by atoms with van der Waals surface area (Å²) in [5.41, 5.74) is 0.0793. The highest BCUT2D eigenvalue weighted by Gasteiger charge is 2.40. The molecule has 0 saturated carbocycles. The largest absolute Gasteiger partial charge is 0.398 e. The summed E-state index contributed by atoms with van der Waals surface area (Å²) in [7, 11) is -4.91. The Morgan fingerprint density at radius 2 is 1.59 bits per heavy atom. The second-order valence-electron chi connectivity index (χ2n) is 13.4. The van der Waals surface area contributed by atoms with Crippen LogP contribution in [-0.4, -0.2) is 80.9 Å². The van der Waals surface area contributed by atoms with Crippen LogP contribution in [0.15, 0.2) is 12.4 Å². The predicted molar refractivity (Wildman–Crippen MR) is 176 cm³/mol. The quantitative estimate of drug-likeness (QED) is 0.189. The second-order valence-corrected chi connectivity index (χ2v) is 30.3. The average molecular weight is 618 g/mol. The van der Waals surface area contributed by atoms with Gasteiger partial charge in [0.25, 0.3) is 0 Å². The SMILES string of the molecule is CCC[Si](C)(OC)OC(c1ncc[nH]1)[Si](C)(C)C.CCC[Si](C)(OCC)OCCC1CCCCN1[Si](C)(C)C. The van der Waals surface area contributed by atoms with E-state index in [9.17, 15) is 0 Å². The van der Waals surface area contributed by atoms with Crippen LogP contribution >= 0.6 is 0 Å². The molecule has 1 N–H and O–H groups in total. The number of rotatable bonds is 16. The van der Waals surface area contributed by atoms with E-state index in [1.807, 2.05) is 6.20 Å². The molecule has 2 heterocycles. The third kappa shape index (κ3) is 13.2. The maximum atomic E-state index is 6.42. The van der Waals surface area contributed by atoms with Gasteiger partial charge in [0.15, 0.2) is 0 Å². The zero-order chi connectivity index (χ0) is 29.7. The van der Waals surface area contributed by atoms with Crippen molar-refractivity contribution in [1.82, 2.24) is 14.5 Å². The monoisotopic (exact) mass is 617 g/mol. The molecular formula is C28H63N3O4Si4. The minimum absolute atomic E-state index is 0.0793. The van der Waals surface area contributed by atoms with E-state index in [4.69, 9.17) is 17.7 Å². The van der Waals surface area contributed by atoms with Gasteiger partial charge in [-0.15, -0.1) is 0 Å². The van der Waals surface area contributed by atoms with Crippen molar-refractivity contribution >= 4 is 33.4 Å².